The van der Waals surface area contributed by atoms with E-state index in [9.17, 15) is 18.5 Å². The molecule has 0 aromatic carbocycles. The van der Waals surface area contributed by atoms with Crippen LogP contribution in [0.25, 0.3) is 0 Å². The summed E-state index contributed by atoms with van der Waals surface area (Å²) in [5.41, 5.74) is 2.10. The number of aryl methyl sites for hydroxylation is 2. The Balaban J connectivity index is 1.96. The van der Waals surface area contributed by atoms with Gasteiger partial charge in [0.15, 0.2) is 9.84 Å². The van der Waals surface area contributed by atoms with Gasteiger partial charge in [-0.3, -0.25) is 4.79 Å². The van der Waals surface area contributed by atoms with E-state index >= 15 is 0 Å². The van der Waals surface area contributed by atoms with Crippen LogP contribution in [0.4, 0.5) is 0 Å². The molecule has 1 aliphatic rings. The van der Waals surface area contributed by atoms with E-state index in [0.717, 1.165) is 11.3 Å². The number of pyridine rings is 1. The van der Waals surface area contributed by atoms with Crippen molar-refractivity contribution in [3.8, 4) is 6.07 Å². The van der Waals surface area contributed by atoms with Gasteiger partial charge < -0.3 is 5.32 Å². The van der Waals surface area contributed by atoms with Crippen molar-refractivity contribution in [3.63, 3.8) is 0 Å². The van der Waals surface area contributed by atoms with Crippen molar-refractivity contribution in [3.05, 3.63) is 22.9 Å². The predicted molar refractivity (Wildman–Crippen MR) is 84.4 cm³/mol. The Hall–Kier alpha value is -1.59. The molecule has 0 saturated carbocycles. The number of amides is 1. The Morgan fingerprint density at radius 1 is 1.55 bits per heavy atom. The normalized spacial score (nSPS) is 19.6. The summed E-state index contributed by atoms with van der Waals surface area (Å²) in [4.78, 5) is 16.2. The second-order valence-electron chi connectivity index (χ2n) is 5.33. The van der Waals surface area contributed by atoms with Crippen molar-refractivity contribution in [2.45, 2.75) is 31.3 Å². The van der Waals surface area contributed by atoms with Crippen LogP contribution < -0.4 is 5.32 Å². The highest BCUT2D eigenvalue weighted by molar-refractivity contribution is 8.00. The monoisotopic (exact) mass is 339 g/mol. The van der Waals surface area contributed by atoms with Crippen molar-refractivity contribution < 1.29 is 13.2 Å². The Morgan fingerprint density at radius 2 is 2.27 bits per heavy atom. The molecule has 1 aliphatic heterocycles. The fourth-order valence-corrected chi connectivity index (χ4v) is 4.94. The minimum absolute atomic E-state index is 0.00859. The highest BCUT2D eigenvalue weighted by atomic mass is 32.2. The zero-order chi connectivity index (χ0) is 16.3. The Labute approximate surface area is 134 Å². The lowest BCUT2D eigenvalue weighted by atomic mass is 10.1. The molecule has 2 heterocycles. The molecule has 2 rings (SSSR count). The Morgan fingerprint density at radius 3 is 2.86 bits per heavy atom. The van der Waals surface area contributed by atoms with Crippen LogP contribution in [0.3, 0.4) is 0 Å². The summed E-state index contributed by atoms with van der Waals surface area (Å²) < 4.78 is 22.7. The number of nitrogens with one attached hydrogen (secondary N) is 1. The van der Waals surface area contributed by atoms with E-state index in [-0.39, 0.29) is 29.2 Å². The van der Waals surface area contributed by atoms with E-state index in [0.29, 0.717) is 17.0 Å². The fraction of sp³-hybridized carbons (Fsp3) is 0.500. The second-order valence-corrected chi connectivity index (χ2v) is 8.52. The highest BCUT2D eigenvalue weighted by Crippen LogP contribution is 2.23. The molecule has 0 aliphatic carbocycles. The summed E-state index contributed by atoms with van der Waals surface area (Å²) in [6, 6.07) is 3.62. The third-order valence-electron chi connectivity index (χ3n) is 3.36. The molecule has 1 amide bonds. The summed E-state index contributed by atoms with van der Waals surface area (Å²) in [5.74, 6) is 0.00916. The van der Waals surface area contributed by atoms with Crippen molar-refractivity contribution in [1.82, 2.24) is 10.3 Å². The average Bonchev–Trinajstić information content (AvgIpc) is 2.75. The number of thioether (sulfide) groups is 1. The molecule has 6 nitrogen and oxygen atoms in total. The van der Waals surface area contributed by atoms with Gasteiger partial charge in [-0.1, -0.05) is 11.8 Å². The van der Waals surface area contributed by atoms with Gasteiger partial charge in [-0.05, 0) is 31.9 Å². The van der Waals surface area contributed by atoms with Crippen LogP contribution in [-0.2, 0) is 14.6 Å². The van der Waals surface area contributed by atoms with Crippen LogP contribution in [0.1, 0.15) is 23.2 Å². The Kier molecular flexibility index (Phi) is 5.08. The minimum atomic E-state index is -3.01. The van der Waals surface area contributed by atoms with E-state index in [1.54, 1.807) is 0 Å². The molecule has 118 valence electrons. The molecule has 1 aromatic heterocycles. The lowest BCUT2D eigenvalue weighted by molar-refractivity contribution is -0.119. The van der Waals surface area contributed by atoms with Gasteiger partial charge in [-0.25, -0.2) is 13.4 Å². The first-order valence-corrected chi connectivity index (χ1v) is 9.62. The van der Waals surface area contributed by atoms with E-state index < -0.39 is 9.84 Å². The quantitative estimate of drug-likeness (QED) is 0.820. The van der Waals surface area contributed by atoms with E-state index in [2.05, 4.69) is 16.4 Å². The van der Waals surface area contributed by atoms with Gasteiger partial charge in [0.1, 0.15) is 11.1 Å². The maximum absolute atomic E-state index is 11.9. The van der Waals surface area contributed by atoms with Gasteiger partial charge in [0, 0.05) is 11.7 Å². The van der Waals surface area contributed by atoms with Crippen LogP contribution in [0, 0.1) is 25.2 Å². The number of sulfone groups is 1. The van der Waals surface area contributed by atoms with Crippen LogP contribution in [-0.4, -0.2) is 42.6 Å². The number of carbonyl (C=O) groups excluding carboxylic acids is 1. The maximum Gasteiger partial charge on any atom is 0.230 e. The maximum atomic E-state index is 11.9. The first-order chi connectivity index (χ1) is 10.3. The first kappa shape index (κ1) is 16.8. The third-order valence-corrected chi connectivity index (χ3v) is 6.10. The number of nitriles is 1. The summed E-state index contributed by atoms with van der Waals surface area (Å²) in [6.07, 6.45) is 0.462. The number of nitrogens with zero attached hydrogens (tertiary/aromatic N) is 2. The molecule has 1 saturated heterocycles. The van der Waals surface area contributed by atoms with E-state index in [1.165, 1.54) is 11.8 Å². The van der Waals surface area contributed by atoms with Gasteiger partial charge in [-0.15, -0.1) is 0 Å². The molecular formula is C14H17N3O3S2. The van der Waals surface area contributed by atoms with Gasteiger partial charge in [-0.2, -0.15) is 5.26 Å². The topological polar surface area (TPSA) is 99.9 Å². The van der Waals surface area contributed by atoms with E-state index in [4.69, 9.17) is 0 Å². The summed E-state index contributed by atoms with van der Waals surface area (Å²) in [7, 11) is -3.01. The lowest BCUT2D eigenvalue weighted by Gasteiger charge is -2.11. The number of hydrogen-bond acceptors (Lipinski definition) is 6. The standard InChI is InChI=1S/C14H17N3O3S2/c1-9-5-10(2)16-14(12(9)6-15)21-7-13(18)17-11-3-4-22(19,20)8-11/h5,11H,3-4,7-8H2,1-2H3,(H,17,18)/t11-/m0/s1. The lowest BCUT2D eigenvalue weighted by Crippen LogP contribution is -2.36. The van der Waals surface area contributed by atoms with Gasteiger partial charge in [0.05, 0.1) is 22.8 Å². The number of carbonyl (C=O) groups is 1. The average molecular weight is 339 g/mol. The minimum Gasteiger partial charge on any atom is -0.352 e. The van der Waals surface area contributed by atoms with Gasteiger partial charge in [0.2, 0.25) is 5.91 Å². The third kappa shape index (κ3) is 4.21. The molecule has 8 heteroatoms. The Bertz CT molecular complexity index is 738. The highest BCUT2D eigenvalue weighted by Gasteiger charge is 2.28. The van der Waals surface area contributed by atoms with Crippen LogP contribution in [0.2, 0.25) is 0 Å². The van der Waals surface area contributed by atoms with Crippen LogP contribution in [0.15, 0.2) is 11.1 Å². The van der Waals surface area contributed by atoms with Crippen molar-refractivity contribution in [1.29, 1.82) is 5.26 Å². The zero-order valence-corrected chi connectivity index (χ0v) is 14.1. The molecule has 0 unspecified atom stereocenters. The molecular weight excluding hydrogens is 322 g/mol. The summed E-state index contributed by atoms with van der Waals surface area (Å²) >= 11 is 1.20. The predicted octanol–water partition coefficient (Wildman–Crippen LogP) is 0.966. The molecule has 22 heavy (non-hydrogen) atoms. The van der Waals surface area contributed by atoms with Crippen LogP contribution >= 0.6 is 11.8 Å². The zero-order valence-electron chi connectivity index (χ0n) is 12.4. The molecule has 0 spiro atoms. The van der Waals surface area contributed by atoms with Crippen LogP contribution in [0.5, 0.6) is 0 Å². The smallest absolute Gasteiger partial charge is 0.230 e. The number of hydrogen-bond donors (Lipinski definition) is 1. The van der Waals surface area contributed by atoms with Gasteiger partial charge >= 0.3 is 0 Å². The summed E-state index contributed by atoms with van der Waals surface area (Å²) in [6.45, 7) is 3.67. The number of aromatic nitrogens is 1. The fourth-order valence-electron chi connectivity index (χ4n) is 2.36. The molecule has 1 aromatic rings. The largest absolute Gasteiger partial charge is 0.352 e. The SMILES string of the molecule is Cc1cc(C)c(C#N)c(SCC(=O)N[C@H]2CCS(=O)(=O)C2)n1. The second kappa shape index (κ2) is 6.67. The molecule has 1 N–H and O–H groups in total. The first-order valence-electron chi connectivity index (χ1n) is 6.81. The van der Waals surface area contributed by atoms with Gasteiger partial charge in [0.25, 0.3) is 0 Å². The summed E-state index contributed by atoms with van der Waals surface area (Å²) in [5, 5.41) is 12.4. The molecule has 1 fully saturated rings. The molecule has 1 atom stereocenters. The van der Waals surface area contributed by atoms with Crippen molar-refractivity contribution in [2.24, 2.45) is 0 Å². The van der Waals surface area contributed by atoms with Crippen molar-refractivity contribution in [2.75, 3.05) is 17.3 Å². The molecule has 0 radical (unpaired) electrons. The molecule has 0 bridgehead atoms. The van der Waals surface area contributed by atoms with E-state index in [1.807, 2.05) is 19.9 Å². The van der Waals surface area contributed by atoms with Crippen molar-refractivity contribution >= 4 is 27.5 Å². The number of rotatable bonds is 4.